The van der Waals surface area contributed by atoms with Crippen LogP contribution in [0.4, 0.5) is 5.95 Å². The van der Waals surface area contributed by atoms with Gasteiger partial charge in [0.2, 0.25) is 11.8 Å². The number of rotatable bonds is 7. The van der Waals surface area contributed by atoms with E-state index in [1.54, 1.807) is 6.20 Å². The van der Waals surface area contributed by atoms with Crippen molar-refractivity contribution in [1.29, 1.82) is 0 Å². The molecule has 0 bridgehead atoms. The Hall–Kier alpha value is -1.89. The summed E-state index contributed by atoms with van der Waals surface area (Å²) < 4.78 is 11.1. The van der Waals surface area contributed by atoms with Gasteiger partial charge in [-0.25, -0.2) is 0 Å². The Morgan fingerprint density at radius 3 is 2.95 bits per heavy atom. The molecule has 0 saturated carbocycles. The van der Waals surface area contributed by atoms with E-state index in [9.17, 15) is 0 Å². The second kappa shape index (κ2) is 6.33. The van der Waals surface area contributed by atoms with Crippen molar-refractivity contribution in [2.24, 2.45) is 0 Å². The van der Waals surface area contributed by atoms with Crippen molar-refractivity contribution in [3.63, 3.8) is 0 Å². The minimum atomic E-state index is -0.0811. The first-order chi connectivity index (χ1) is 9.24. The standard InChI is InChI=1S/C12H19N5O2/c1-4-13-12-15-10-9(6-14-17-10)11(16-12)19-8(3)7-18-5-2/h6,8H,4-5,7H2,1-3H3,(H2,13,14,15,16,17). The van der Waals surface area contributed by atoms with E-state index < -0.39 is 0 Å². The number of H-pyrrole nitrogens is 1. The highest BCUT2D eigenvalue weighted by atomic mass is 16.5. The summed E-state index contributed by atoms with van der Waals surface area (Å²) in [5, 5.41) is 10.6. The van der Waals surface area contributed by atoms with Crippen LogP contribution in [0, 0.1) is 0 Å². The smallest absolute Gasteiger partial charge is 0.229 e. The van der Waals surface area contributed by atoms with Gasteiger partial charge in [-0.05, 0) is 20.8 Å². The molecular formula is C12H19N5O2. The normalized spacial score (nSPS) is 12.6. The summed E-state index contributed by atoms with van der Waals surface area (Å²) in [5.41, 5.74) is 0.657. The van der Waals surface area contributed by atoms with Gasteiger partial charge in [0.25, 0.3) is 0 Å². The number of hydrogen-bond donors (Lipinski definition) is 2. The molecule has 2 rings (SSSR count). The van der Waals surface area contributed by atoms with Gasteiger partial charge >= 0.3 is 0 Å². The SMILES string of the molecule is CCNc1nc(OC(C)COCC)c2cn[nH]c2n1. The average Bonchev–Trinajstić information content (AvgIpc) is 2.85. The number of aromatic nitrogens is 4. The molecule has 19 heavy (non-hydrogen) atoms. The molecule has 0 fully saturated rings. The van der Waals surface area contributed by atoms with Crippen LogP contribution in [0.1, 0.15) is 20.8 Å². The van der Waals surface area contributed by atoms with Gasteiger partial charge in [-0.1, -0.05) is 0 Å². The highest BCUT2D eigenvalue weighted by molar-refractivity contribution is 5.80. The molecule has 104 valence electrons. The average molecular weight is 265 g/mol. The van der Waals surface area contributed by atoms with E-state index in [0.29, 0.717) is 30.7 Å². The van der Waals surface area contributed by atoms with Crippen LogP contribution in [0.3, 0.4) is 0 Å². The van der Waals surface area contributed by atoms with E-state index in [4.69, 9.17) is 9.47 Å². The fourth-order valence-electron chi connectivity index (χ4n) is 1.64. The zero-order chi connectivity index (χ0) is 13.7. The minimum absolute atomic E-state index is 0.0811. The maximum absolute atomic E-state index is 5.80. The number of ether oxygens (including phenoxy) is 2. The third-order valence-corrected chi connectivity index (χ3v) is 2.48. The van der Waals surface area contributed by atoms with E-state index in [2.05, 4.69) is 25.5 Å². The van der Waals surface area contributed by atoms with Crippen LogP contribution in [-0.4, -0.2) is 46.0 Å². The molecule has 2 aromatic rings. The molecule has 7 heteroatoms. The lowest BCUT2D eigenvalue weighted by molar-refractivity contribution is 0.0642. The summed E-state index contributed by atoms with van der Waals surface area (Å²) in [6, 6.07) is 0. The Kier molecular flexibility index (Phi) is 4.51. The molecule has 7 nitrogen and oxygen atoms in total. The van der Waals surface area contributed by atoms with Gasteiger partial charge in [-0.2, -0.15) is 15.1 Å². The van der Waals surface area contributed by atoms with Crippen molar-refractivity contribution < 1.29 is 9.47 Å². The molecule has 0 radical (unpaired) electrons. The van der Waals surface area contributed by atoms with Gasteiger partial charge in [0, 0.05) is 13.2 Å². The van der Waals surface area contributed by atoms with Crippen molar-refractivity contribution in [2.45, 2.75) is 26.9 Å². The molecule has 0 aliphatic rings. The highest BCUT2D eigenvalue weighted by Crippen LogP contribution is 2.23. The summed E-state index contributed by atoms with van der Waals surface area (Å²) in [7, 11) is 0. The first-order valence-electron chi connectivity index (χ1n) is 6.44. The molecule has 0 spiro atoms. The predicted molar refractivity (Wildman–Crippen MR) is 72.4 cm³/mol. The topological polar surface area (TPSA) is 85.0 Å². The lowest BCUT2D eigenvalue weighted by atomic mass is 10.4. The fourth-order valence-corrected chi connectivity index (χ4v) is 1.64. The number of nitrogens with one attached hydrogen (secondary N) is 2. The Morgan fingerprint density at radius 2 is 2.21 bits per heavy atom. The van der Waals surface area contributed by atoms with Crippen LogP contribution in [0.5, 0.6) is 5.88 Å². The zero-order valence-corrected chi connectivity index (χ0v) is 11.4. The van der Waals surface area contributed by atoms with E-state index in [0.717, 1.165) is 11.9 Å². The van der Waals surface area contributed by atoms with E-state index >= 15 is 0 Å². The summed E-state index contributed by atoms with van der Waals surface area (Å²) in [6.45, 7) is 7.82. The number of anilines is 1. The largest absolute Gasteiger partial charge is 0.472 e. The molecule has 0 aromatic carbocycles. The van der Waals surface area contributed by atoms with Gasteiger partial charge < -0.3 is 14.8 Å². The van der Waals surface area contributed by atoms with Gasteiger partial charge in [0.15, 0.2) is 5.65 Å². The van der Waals surface area contributed by atoms with Crippen molar-refractivity contribution in [3.8, 4) is 5.88 Å². The van der Waals surface area contributed by atoms with Crippen molar-refractivity contribution in [2.75, 3.05) is 25.1 Å². The Labute approximate surface area is 111 Å². The van der Waals surface area contributed by atoms with Crippen molar-refractivity contribution >= 4 is 17.0 Å². The van der Waals surface area contributed by atoms with Crippen LogP contribution in [0.2, 0.25) is 0 Å². The third kappa shape index (κ3) is 3.31. The molecule has 2 heterocycles. The van der Waals surface area contributed by atoms with Crippen LogP contribution in [-0.2, 0) is 4.74 Å². The minimum Gasteiger partial charge on any atom is -0.472 e. The maximum Gasteiger partial charge on any atom is 0.229 e. The summed E-state index contributed by atoms with van der Waals surface area (Å²) in [5.74, 6) is 1.04. The molecule has 1 atom stereocenters. The van der Waals surface area contributed by atoms with Gasteiger partial charge in [0.05, 0.1) is 12.8 Å². The van der Waals surface area contributed by atoms with Crippen molar-refractivity contribution in [3.05, 3.63) is 6.20 Å². The fraction of sp³-hybridized carbons (Fsp3) is 0.583. The van der Waals surface area contributed by atoms with Crippen molar-refractivity contribution in [1.82, 2.24) is 20.2 Å². The second-order valence-electron chi connectivity index (χ2n) is 4.10. The Morgan fingerprint density at radius 1 is 1.37 bits per heavy atom. The maximum atomic E-state index is 5.80. The number of nitrogens with zero attached hydrogens (tertiary/aromatic N) is 3. The molecule has 0 aliphatic heterocycles. The summed E-state index contributed by atoms with van der Waals surface area (Å²) in [4.78, 5) is 8.65. The lowest BCUT2D eigenvalue weighted by Gasteiger charge is -2.14. The predicted octanol–water partition coefficient (Wildman–Crippen LogP) is 1.59. The number of aromatic amines is 1. The lowest BCUT2D eigenvalue weighted by Crippen LogP contribution is -2.20. The summed E-state index contributed by atoms with van der Waals surface area (Å²) in [6.07, 6.45) is 1.58. The van der Waals surface area contributed by atoms with Gasteiger partial charge in [-0.15, -0.1) is 0 Å². The Bertz CT molecular complexity index is 528. The molecule has 1 unspecified atom stereocenters. The number of hydrogen-bond acceptors (Lipinski definition) is 6. The van der Waals surface area contributed by atoms with E-state index in [-0.39, 0.29) is 6.10 Å². The first kappa shape index (κ1) is 13.5. The van der Waals surface area contributed by atoms with Crippen LogP contribution >= 0.6 is 0 Å². The second-order valence-corrected chi connectivity index (χ2v) is 4.10. The van der Waals surface area contributed by atoms with E-state index in [1.807, 2.05) is 20.8 Å². The van der Waals surface area contributed by atoms with E-state index in [1.165, 1.54) is 0 Å². The summed E-state index contributed by atoms with van der Waals surface area (Å²) >= 11 is 0. The van der Waals surface area contributed by atoms with Crippen LogP contribution < -0.4 is 10.1 Å². The third-order valence-electron chi connectivity index (χ3n) is 2.48. The number of fused-ring (bicyclic) bond motifs is 1. The molecule has 0 aliphatic carbocycles. The molecular weight excluding hydrogens is 246 g/mol. The van der Waals surface area contributed by atoms with Crippen LogP contribution in [0.15, 0.2) is 6.20 Å². The van der Waals surface area contributed by atoms with Crippen LogP contribution in [0.25, 0.3) is 11.0 Å². The monoisotopic (exact) mass is 265 g/mol. The molecule has 0 amide bonds. The zero-order valence-electron chi connectivity index (χ0n) is 11.4. The molecule has 0 saturated heterocycles. The molecule has 2 N–H and O–H groups in total. The van der Waals surface area contributed by atoms with Gasteiger partial charge in [-0.3, -0.25) is 5.10 Å². The van der Waals surface area contributed by atoms with Gasteiger partial charge in [0.1, 0.15) is 11.5 Å². The molecule has 2 aromatic heterocycles. The first-order valence-corrected chi connectivity index (χ1v) is 6.44. The highest BCUT2D eigenvalue weighted by Gasteiger charge is 2.13. The Balaban J connectivity index is 2.21. The quantitative estimate of drug-likeness (QED) is 0.790.